The van der Waals surface area contributed by atoms with Gasteiger partial charge in [-0.05, 0) is 11.6 Å². The van der Waals surface area contributed by atoms with Crippen molar-refractivity contribution in [2.45, 2.75) is 0 Å². The average Bonchev–Trinajstić information content (AvgIpc) is 2.36. The first-order valence-corrected chi connectivity index (χ1v) is 6.08. The Hall–Kier alpha value is -1.94. The summed E-state index contributed by atoms with van der Waals surface area (Å²) in [6.45, 7) is 4.60. The minimum absolute atomic E-state index is 0.0487. The lowest BCUT2D eigenvalue weighted by Crippen LogP contribution is -2.49. The largest absolute Gasteiger partial charge is 0.344 e. The first-order chi connectivity index (χ1) is 8.70. The molecule has 3 nitrogen and oxygen atoms in total. The van der Waals surface area contributed by atoms with E-state index in [-0.39, 0.29) is 5.91 Å². The molecule has 1 aromatic rings. The highest BCUT2D eigenvalue weighted by Crippen LogP contribution is 2.11. The van der Waals surface area contributed by atoms with Gasteiger partial charge in [0.05, 0.1) is 11.5 Å². The number of hydrogen-bond acceptors (Lipinski definition) is 2. The fourth-order valence-corrected chi connectivity index (χ4v) is 2.04. The summed E-state index contributed by atoms with van der Waals surface area (Å²) < 4.78 is 0. The number of carbonyl (C=O) groups excluding carboxylic acids is 1. The molecule has 18 heavy (non-hydrogen) atoms. The predicted molar refractivity (Wildman–Crippen MR) is 76.9 cm³/mol. The average molecular weight is 258 g/mol. The van der Waals surface area contributed by atoms with E-state index in [4.69, 9.17) is 12.2 Å². The summed E-state index contributed by atoms with van der Waals surface area (Å²) in [5.41, 5.74) is 1.48. The number of rotatable bonds is 3. The number of benzene rings is 1. The van der Waals surface area contributed by atoms with E-state index in [1.54, 1.807) is 11.0 Å². The Labute approximate surface area is 112 Å². The molecule has 1 aliphatic rings. The molecule has 92 valence electrons. The maximum Gasteiger partial charge on any atom is 0.270 e. The first kappa shape index (κ1) is 12.5. The van der Waals surface area contributed by atoms with Gasteiger partial charge >= 0.3 is 0 Å². The number of nitrogens with zero attached hydrogens (tertiary/aromatic N) is 1. The van der Waals surface area contributed by atoms with Crippen LogP contribution in [0.3, 0.4) is 0 Å². The molecule has 1 heterocycles. The predicted octanol–water partition coefficient (Wildman–Crippen LogP) is 1.97. The third-order valence-corrected chi connectivity index (χ3v) is 2.82. The van der Waals surface area contributed by atoms with Crippen LogP contribution in [0.2, 0.25) is 0 Å². The number of carbonyl (C=O) groups is 1. The van der Waals surface area contributed by atoms with Gasteiger partial charge in [0.1, 0.15) is 5.70 Å². The Balaban J connectivity index is 2.26. The number of piperazine rings is 1. The molecule has 0 bridgehead atoms. The maximum atomic E-state index is 12.2. The van der Waals surface area contributed by atoms with E-state index in [2.05, 4.69) is 11.9 Å². The number of hydrogen-bond donors (Lipinski definition) is 1. The van der Waals surface area contributed by atoms with Crippen molar-refractivity contribution >= 4 is 29.2 Å². The van der Waals surface area contributed by atoms with Crippen molar-refractivity contribution < 1.29 is 4.79 Å². The summed E-state index contributed by atoms with van der Waals surface area (Å²) in [5.74, 6) is -0.0487. The van der Waals surface area contributed by atoms with Crippen LogP contribution in [-0.2, 0) is 4.79 Å². The zero-order valence-corrected chi connectivity index (χ0v) is 10.7. The molecule has 2 rings (SSSR count). The van der Waals surface area contributed by atoms with Crippen LogP contribution in [0.5, 0.6) is 0 Å². The number of nitrogens with one attached hydrogen (secondary N) is 1. The van der Waals surface area contributed by atoms with Crippen molar-refractivity contribution in [3.05, 3.63) is 54.2 Å². The monoisotopic (exact) mass is 258 g/mol. The normalized spacial score (nSPS) is 17.8. The molecule has 0 aliphatic carbocycles. The first-order valence-electron chi connectivity index (χ1n) is 5.67. The van der Waals surface area contributed by atoms with Crippen LogP contribution in [0, 0.1) is 0 Å². The molecule has 1 fully saturated rings. The van der Waals surface area contributed by atoms with Crippen molar-refractivity contribution in [3.8, 4) is 0 Å². The van der Waals surface area contributed by atoms with Gasteiger partial charge in [-0.3, -0.25) is 4.79 Å². The van der Waals surface area contributed by atoms with Crippen LogP contribution in [-0.4, -0.2) is 28.9 Å². The van der Waals surface area contributed by atoms with Crippen molar-refractivity contribution in [1.29, 1.82) is 0 Å². The maximum absolute atomic E-state index is 12.2. The lowest BCUT2D eigenvalue weighted by atomic mass is 10.1. The van der Waals surface area contributed by atoms with E-state index in [0.29, 0.717) is 23.8 Å². The lowest BCUT2D eigenvalue weighted by molar-refractivity contribution is -0.126. The van der Waals surface area contributed by atoms with Gasteiger partial charge in [-0.15, -0.1) is 6.58 Å². The number of amides is 1. The Bertz CT molecular complexity index is 508. The molecule has 0 atom stereocenters. The van der Waals surface area contributed by atoms with Crippen LogP contribution >= 0.6 is 12.2 Å². The highest BCUT2D eigenvalue weighted by Gasteiger charge is 2.24. The van der Waals surface area contributed by atoms with Gasteiger partial charge in [0.15, 0.2) is 0 Å². The van der Waals surface area contributed by atoms with Gasteiger partial charge in [0, 0.05) is 6.54 Å². The van der Waals surface area contributed by atoms with E-state index < -0.39 is 0 Å². The molecule has 1 saturated heterocycles. The molecular weight excluding hydrogens is 244 g/mol. The summed E-state index contributed by atoms with van der Waals surface area (Å²) in [4.78, 5) is 14.5. The fourth-order valence-electron chi connectivity index (χ4n) is 1.78. The Kier molecular flexibility index (Phi) is 3.89. The number of thiocarbonyl (C=S) groups is 1. The summed E-state index contributed by atoms with van der Waals surface area (Å²) in [6.07, 6.45) is 3.51. The van der Waals surface area contributed by atoms with E-state index >= 15 is 0 Å². The van der Waals surface area contributed by atoms with E-state index in [1.807, 2.05) is 36.4 Å². The van der Waals surface area contributed by atoms with Gasteiger partial charge in [0.2, 0.25) is 0 Å². The molecule has 0 aromatic heterocycles. The van der Waals surface area contributed by atoms with Gasteiger partial charge in [0.25, 0.3) is 5.91 Å². The van der Waals surface area contributed by atoms with Crippen LogP contribution < -0.4 is 5.32 Å². The summed E-state index contributed by atoms with van der Waals surface area (Å²) in [6, 6.07) is 9.68. The van der Waals surface area contributed by atoms with Crippen molar-refractivity contribution in [3.63, 3.8) is 0 Å². The van der Waals surface area contributed by atoms with Gasteiger partial charge in [-0.2, -0.15) is 0 Å². The van der Waals surface area contributed by atoms with Crippen LogP contribution in [0.25, 0.3) is 6.08 Å². The van der Waals surface area contributed by atoms with Gasteiger partial charge in [-0.25, -0.2) is 0 Å². The molecular formula is C14H14N2OS. The second kappa shape index (κ2) is 5.60. The molecule has 0 spiro atoms. The zero-order valence-electron chi connectivity index (χ0n) is 9.93. The Morgan fingerprint density at radius 3 is 2.78 bits per heavy atom. The van der Waals surface area contributed by atoms with Crippen molar-refractivity contribution in [2.24, 2.45) is 0 Å². The Morgan fingerprint density at radius 2 is 2.11 bits per heavy atom. The Morgan fingerprint density at radius 1 is 1.39 bits per heavy atom. The summed E-state index contributed by atoms with van der Waals surface area (Å²) in [5, 5.41) is 2.97. The highest BCUT2D eigenvalue weighted by atomic mass is 32.1. The van der Waals surface area contributed by atoms with Crippen LogP contribution in [0.15, 0.2) is 48.7 Å². The second-order valence-corrected chi connectivity index (χ2v) is 4.48. The molecule has 4 heteroatoms. The van der Waals surface area contributed by atoms with Crippen molar-refractivity contribution in [2.75, 3.05) is 13.1 Å². The van der Waals surface area contributed by atoms with E-state index in [1.165, 1.54) is 0 Å². The molecule has 1 aliphatic heterocycles. The molecule has 0 saturated carbocycles. The molecule has 1 N–H and O–H groups in total. The van der Waals surface area contributed by atoms with Crippen molar-refractivity contribution in [1.82, 2.24) is 10.2 Å². The summed E-state index contributed by atoms with van der Waals surface area (Å²) >= 11 is 5.16. The topological polar surface area (TPSA) is 32.3 Å². The molecule has 0 radical (unpaired) electrons. The summed E-state index contributed by atoms with van der Waals surface area (Å²) in [7, 11) is 0. The lowest BCUT2D eigenvalue weighted by Gasteiger charge is -2.29. The minimum atomic E-state index is -0.0487. The van der Waals surface area contributed by atoms with Crippen LogP contribution in [0.1, 0.15) is 5.56 Å². The van der Waals surface area contributed by atoms with E-state index in [0.717, 1.165) is 5.56 Å². The standard InChI is InChI=1S/C14H14N2OS/c1-2-8-16-10-13(18)15-12(14(16)17)9-11-6-4-3-5-7-11/h2-7,9H,1,8,10H2,(H,15,18)/b12-9-. The van der Waals surface area contributed by atoms with E-state index in [9.17, 15) is 4.79 Å². The zero-order chi connectivity index (χ0) is 13.0. The minimum Gasteiger partial charge on any atom is -0.344 e. The third-order valence-electron chi connectivity index (χ3n) is 2.59. The SMILES string of the molecule is C=CCN1CC(=S)N/C(=C\c2ccccc2)C1=O. The smallest absolute Gasteiger partial charge is 0.270 e. The third kappa shape index (κ3) is 2.84. The van der Waals surface area contributed by atoms with Gasteiger partial charge in [-0.1, -0.05) is 48.6 Å². The van der Waals surface area contributed by atoms with Crippen LogP contribution in [0.4, 0.5) is 0 Å². The second-order valence-electron chi connectivity index (χ2n) is 3.99. The quantitative estimate of drug-likeness (QED) is 0.511. The van der Waals surface area contributed by atoms with Gasteiger partial charge < -0.3 is 10.2 Å². The molecule has 1 amide bonds. The highest BCUT2D eigenvalue weighted by molar-refractivity contribution is 7.80. The fraction of sp³-hybridized carbons (Fsp3) is 0.143. The molecule has 0 unspecified atom stereocenters. The molecule has 1 aromatic carbocycles.